The van der Waals surface area contributed by atoms with E-state index in [1.165, 1.54) is 0 Å². The van der Waals surface area contributed by atoms with Crippen molar-refractivity contribution in [3.8, 4) is 0 Å². The molecule has 11 heavy (non-hydrogen) atoms. The van der Waals surface area contributed by atoms with Gasteiger partial charge in [0.05, 0.1) is 0 Å². The summed E-state index contributed by atoms with van der Waals surface area (Å²) in [7, 11) is 0. The first-order valence-corrected chi connectivity index (χ1v) is 4.66. The predicted molar refractivity (Wildman–Crippen MR) is 51.0 cm³/mol. The van der Waals surface area contributed by atoms with Crippen molar-refractivity contribution in [1.82, 2.24) is 4.98 Å². The Labute approximate surface area is 79.9 Å². The fraction of sp³-hybridized carbons (Fsp3) is 0.375. The number of pyridine rings is 1. The van der Waals surface area contributed by atoms with E-state index < -0.39 is 0 Å². The maximum atomic E-state index is 5.80. The van der Waals surface area contributed by atoms with Crippen LogP contribution in [-0.2, 0) is 6.42 Å². The lowest BCUT2D eigenvalue weighted by atomic mass is 10.2. The Kier molecular flexibility index (Phi) is 3.34. The summed E-state index contributed by atoms with van der Waals surface area (Å²) in [5.74, 6) is 0. The molecular formula is C8H9BrClN. The summed E-state index contributed by atoms with van der Waals surface area (Å²) in [4.78, 5) is 4.19. The number of hydrogen-bond acceptors (Lipinski definition) is 1. The second-order valence-corrected chi connectivity index (χ2v) is 4.11. The third-order valence-corrected chi connectivity index (χ3v) is 1.90. The molecule has 60 valence electrons. The summed E-state index contributed by atoms with van der Waals surface area (Å²) in [6.07, 6.45) is 2.61. The highest BCUT2D eigenvalue weighted by molar-refractivity contribution is 9.10. The molecule has 0 radical (unpaired) electrons. The lowest BCUT2D eigenvalue weighted by Crippen LogP contribution is -1.98. The van der Waals surface area contributed by atoms with E-state index >= 15 is 0 Å². The average molecular weight is 235 g/mol. The van der Waals surface area contributed by atoms with Gasteiger partial charge in [0.1, 0.15) is 0 Å². The van der Waals surface area contributed by atoms with E-state index in [4.69, 9.17) is 11.6 Å². The molecule has 3 heteroatoms. The topological polar surface area (TPSA) is 12.9 Å². The van der Waals surface area contributed by atoms with E-state index in [9.17, 15) is 0 Å². The van der Waals surface area contributed by atoms with Gasteiger partial charge in [-0.15, -0.1) is 11.6 Å². The predicted octanol–water partition coefficient (Wildman–Crippen LogP) is 3.01. The number of alkyl halides is 1. The van der Waals surface area contributed by atoms with Crippen LogP contribution in [-0.4, -0.2) is 10.4 Å². The zero-order chi connectivity index (χ0) is 8.27. The first-order chi connectivity index (χ1) is 5.18. The standard InChI is InChI=1S/C8H9BrClN/c1-6(10)4-8-3-2-7(9)5-11-8/h2-3,5-6H,4H2,1H3. The van der Waals surface area contributed by atoms with Gasteiger partial charge >= 0.3 is 0 Å². The molecule has 1 unspecified atom stereocenters. The molecule has 0 amide bonds. The Morgan fingerprint density at radius 1 is 1.64 bits per heavy atom. The van der Waals surface area contributed by atoms with E-state index in [2.05, 4.69) is 20.9 Å². The second kappa shape index (κ2) is 4.07. The Balaban J connectivity index is 2.66. The van der Waals surface area contributed by atoms with Crippen molar-refractivity contribution in [3.63, 3.8) is 0 Å². The molecule has 1 aromatic rings. The fourth-order valence-electron chi connectivity index (χ4n) is 0.815. The van der Waals surface area contributed by atoms with Crippen LogP contribution in [0.1, 0.15) is 12.6 Å². The van der Waals surface area contributed by atoms with Gasteiger partial charge < -0.3 is 0 Å². The van der Waals surface area contributed by atoms with Gasteiger partial charge in [-0.2, -0.15) is 0 Å². The van der Waals surface area contributed by atoms with E-state index in [0.29, 0.717) is 0 Å². The second-order valence-electron chi connectivity index (χ2n) is 2.45. The average Bonchev–Trinajstić information content (AvgIpc) is 1.93. The van der Waals surface area contributed by atoms with Crippen LogP contribution in [0.15, 0.2) is 22.8 Å². The van der Waals surface area contributed by atoms with Gasteiger partial charge in [0.2, 0.25) is 0 Å². The van der Waals surface area contributed by atoms with Gasteiger partial charge in [-0.3, -0.25) is 4.98 Å². The molecule has 0 bridgehead atoms. The van der Waals surface area contributed by atoms with Crippen LogP contribution in [0.4, 0.5) is 0 Å². The molecule has 0 aromatic carbocycles. The molecule has 1 atom stereocenters. The zero-order valence-corrected chi connectivity index (χ0v) is 8.56. The first-order valence-electron chi connectivity index (χ1n) is 3.43. The zero-order valence-electron chi connectivity index (χ0n) is 6.22. The fourth-order valence-corrected chi connectivity index (χ4v) is 1.21. The van der Waals surface area contributed by atoms with Crippen LogP contribution < -0.4 is 0 Å². The minimum atomic E-state index is 0.156. The van der Waals surface area contributed by atoms with Gasteiger partial charge in [0.15, 0.2) is 0 Å². The SMILES string of the molecule is CC(Cl)Cc1ccc(Br)cn1. The highest BCUT2D eigenvalue weighted by atomic mass is 79.9. The number of halogens is 2. The van der Waals surface area contributed by atoms with E-state index in [1.54, 1.807) is 6.20 Å². The molecule has 0 saturated carbocycles. The molecule has 0 aliphatic heterocycles. The quantitative estimate of drug-likeness (QED) is 0.717. The summed E-state index contributed by atoms with van der Waals surface area (Å²) in [5.41, 5.74) is 1.04. The van der Waals surface area contributed by atoms with Gasteiger partial charge in [-0.25, -0.2) is 0 Å². The molecule has 0 fully saturated rings. The molecule has 1 nitrogen and oxygen atoms in total. The van der Waals surface area contributed by atoms with Crippen LogP contribution in [0.2, 0.25) is 0 Å². The Morgan fingerprint density at radius 2 is 2.36 bits per heavy atom. The Bertz CT molecular complexity index is 220. The monoisotopic (exact) mass is 233 g/mol. The number of hydrogen-bond donors (Lipinski definition) is 0. The van der Waals surface area contributed by atoms with Gasteiger partial charge in [0.25, 0.3) is 0 Å². The van der Waals surface area contributed by atoms with Crippen molar-refractivity contribution in [1.29, 1.82) is 0 Å². The molecule has 0 spiro atoms. The van der Waals surface area contributed by atoms with Crippen LogP contribution in [0.25, 0.3) is 0 Å². The number of rotatable bonds is 2. The highest BCUT2D eigenvalue weighted by Gasteiger charge is 1.99. The maximum Gasteiger partial charge on any atom is 0.0419 e. The smallest absolute Gasteiger partial charge is 0.0419 e. The summed E-state index contributed by atoms with van der Waals surface area (Å²) in [6.45, 7) is 1.96. The van der Waals surface area contributed by atoms with E-state index in [-0.39, 0.29) is 5.38 Å². The van der Waals surface area contributed by atoms with Gasteiger partial charge in [-0.1, -0.05) is 0 Å². The molecule has 1 heterocycles. The lowest BCUT2D eigenvalue weighted by molar-refractivity contribution is 0.890. The summed E-state index contributed by atoms with van der Waals surface area (Å²) in [5, 5.41) is 0.156. The number of aromatic nitrogens is 1. The summed E-state index contributed by atoms with van der Waals surface area (Å²) >= 11 is 9.12. The molecule has 1 aromatic heterocycles. The maximum absolute atomic E-state index is 5.80. The lowest BCUT2D eigenvalue weighted by Gasteiger charge is -2.00. The Hall–Kier alpha value is -0.0800. The highest BCUT2D eigenvalue weighted by Crippen LogP contribution is 2.10. The molecule has 1 rings (SSSR count). The summed E-state index contributed by atoms with van der Waals surface area (Å²) < 4.78 is 1.00. The van der Waals surface area contributed by atoms with Gasteiger partial charge in [-0.05, 0) is 35.0 Å². The normalized spacial score (nSPS) is 13.0. The summed E-state index contributed by atoms with van der Waals surface area (Å²) in [6, 6.07) is 3.95. The minimum Gasteiger partial charge on any atom is -0.260 e. The van der Waals surface area contributed by atoms with Crippen molar-refractivity contribution >= 4 is 27.5 Å². The van der Waals surface area contributed by atoms with Gasteiger partial charge in [0, 0.05) is 28.2 Å². The van der Waals surface area contributed by atoms with E-state index in [1.807, 2.05) is 19.1 Å². The molecular weight excluding hydrogens is 225 g/mol. The van der Waals surface area contributed by atoms with E-state index in [0.717, 1.165) is 16.6 Å². The third-order valence-electron chi connectivity index (χ3n) is 1.28. The van der Waals surface area contributed by atoms with Crippen LogP contribution in [0.5, 0.6) is 0 Å². The third kappa shape index (κ3) is 3.21. The van der Waals surface area contributed by atoms with Crippen LogP contribution in [0.3, 0.4) is 0 Å². The van der Waals surface area contributed by atoms with Crippen LogP contribution in [0, 0.1) is 0 Å². The largest absolute Gasteiger partial charge is 0.260 e. The van der Waals surface area contributed by atoms with Crippen LogP contribution >= 0.6 is 27.5 Å². The minimum absolute atomic E-state index is 0.156. The van der Waals surface area contributed by atoms with Crippen molar-refractivity contribution in [2.24, 2.45) is 0 Å². The first kappa shape index (κ1) is 9.01. The van der Waals surface area contributed by atoms with Crippen molar-refractivity contribution < 1.29 is 0 Å². The molecule has 0 N–H and O–H groups in total. The molecule has 0 saturated heterocycles. The van der Waals surface area contributed by atoms with Crippen molar-refractivity contribution in [3.05, 3.63) is 28.5 Å². The van der Waals surface area contributed by atoms with Crippen molar-refractivity contribution in [2.75, 3.05) is 0 Å². The molecule has 0 aliphatic rings. The van der Waals surface area contributed by atoms with Crippen molar-refractivity contribution in [2.45, 2.75) is 18.7 Å². The Morgan fingerprint density at radius 3 is 2.82 bits per heavy atom. The number of nitrogens with zero attached hydrogens (tertiary/aromatic N) is 1. The molecule has 0 aliphatic carbocycles.